The number of carbonyl (C=O) groups excluding carboxylic acids is 1. The highest BCUT2D eigenvalue weighted by Gasteiger charge is 2.39. The van der Waals surface area contributed by atoms with Crippen molar-refractivity contribution in [3.05, 3.63) is 33.2 Å². The summed E-state index contributed by atoms with van der Waals surface area (Å²) >= 11 is 0. The fraction of sp³-hybridized carbons (Fsp3) is 0.647. The number of carbonyl (C=O) groups is 1. The highest BCUT2D eigenvalue weighted by Crippen LogP contribution is 2.23. The van der Waals surface area contributed by atoms with Crippen LogP contribution in [0.3, 0.4) is 0 Å². The van der Waals surface area contributed by atoms with Crippen molar-refractivity contribution in [2.75, 3.05) is 33.7 Å². The normalized spacial score (nSPS) is 21.3. The van der Waals surface area contributed by atoms with Gasteiger partial charge in [0.1, 0.15) is 5.56 Å². The molecular formula is C17H27N3O3. The van der Waals surface area contributed by atoms with Crippen molar-refractivity contribution in [3.8, 4) is 0 Å². The Hall–Kier alpha value is -1.66. The van der Waals surface area contributed by atoms with Gasteiger partial charge in [0.25, 0.3) is 11.5 Å². The molecule has 0 aromatic carbocycles. The minimum Gasteiger partial charge on any atom is -0.387 e. The topological polar surface area (TPSA) is 65.8 Å². The number of amides is 1. The zero-order chi connectivity index (χ0) is 17.4. The van der Waals surface area contributed by atoms with Crippen LogP contribution >= 0.6 is 0 Å². The van der Waals surface area contributed by atoms with Crippen molar-refractivity contribution in [2.45, 2.75) is 32.3 Å². The van der Waals surface area contributed by atoms with Crippen molar-refractivity contribution in [1.82, 2.24) is 14.4 Å². The summed E-state index contributed by atoms with van der Waals surface area (Å²) in [5.74, 6) is -0.286. The van der Waals surface area contributed by atoms with Gasteiger partial charge in [0.15, 0.2) is 0 Å². The number of nitrogens with zero attached hydrogens (tertiary/aromatic N) is 3. The molecule has 2 rings (SSSR count). The molecule has 1 N–H and O–H groups in total. The first-order valence-corrected chi connectivity index (χ1v) is 8.04. The summed E-state index contributed by atoms with van der Waals surface area (Å²) in [6.45, 7) is 5.15. The zero-order valence-electron chi connectivity index (χ0n) is 14.7. The summed E-state index contributed by atoms with van der Waals surface area (Å²) in [6.07, 6.45) is 1.28. The van der Waals surface area contributed by atoms with Gasteiger partial charge in [-0.05, 0) is 45.5 Å². The number of aryl methyl sites for hydroxylation is 1. The molecule has 6 nitrogen and oxygen atoms in total. The molecule has 1 aromatic rings. The van der Waals surface area contributed by atoms with Gasteiger partial charge in [-0.15, -0.1) is 0 Å². The lowest BCUT2D eigenvalue weighted by atomic mass is 10.0. The second kappa shape index (κ2) is 6.45. The summed E-state index contributed by atoms with van der Waals surface area (Å²) in [6, 6.07) is 1.69. The number of hydrogen-bond donors (Lipinski definition) is 1. The molecule has 1 aliphatic rings. The lowest BCUT2D eigenvalue weighted by Crippen LogP contribution is -2.44. The molecule has 0 spiro atoms. The van der Waals surface area contributed by atoms with Crippen molar-refractivity contribution < 1.29 is 9.90 Å². The smallest absolute Gasteiger partial charge is 0.263 e. The van der Waals surface area contributed by atoms with Crippen molar-refractivity contribution in [3.63, 3.8) is 0 Å². The van der Waals surface area contributed by atoms with Gasteiger partial charge in [-0.25, -0.2) is 0 Å². The van der Waals surface area contributed by atoms with E-state index in [0.717, 1.165) is 17.7 Å². The summed E-state index contributed by atoms with van der Waals surface area (Å²) in [5, 5.41) is 10.6. The molecule has 1 fully saturated rings. The first kappa shape index (κ1) is 17.7. The van der Waals surface area contributed by atoms with Crippen LogP contribution in [-0.4, -0.2) is 64.7 Å². The van der Waals surface area contributed by atoms with Crippen LogP contribution in [0, 0.1) is 6.92 Å². The molecule has 1 atom stereocenters. The predicted molar refractivity (Wildman–Crippen MR) is 89.8 cm³/mol. The van der Waals surface area contributed by atoms with Gasteiger partial charge in [0, 0.05) is 25.8 Å². The lowest BCUT2D eigenvalue weighted by molar-refractivity contribution is 0.0236. The van der Waals surface area contributed by atoms with Crippen molar-refractivity contribution in [2.24, 2.45) is 7.05 Å². The summed E-state index contributed by atoms with van der Waals surface area (Å²) in [7, 11) is 5.49. The van der Waals surface area contributed by atoms with Gasteiger partial charge < -0.3 is 19.5 Å². The van der Waals surface area contributed by atoms with E-state index in [1.165, 1.54) is 0 Å². The van der Waals surface area contributed by atoms with E-state index < -0.39 is 5.60 Å². The molecule has 0 bridgehead atoms. The first-order valence-electron chi connectivity index (χ1n) is 8.04. The van der Waals surface area contributed by atoms with E-state index in [2.05, 4.69) is 0 Å². The third kappa shape index (κ3) is 3.48. The molecule has 0 saturated carbocycles. The van der Waals surface area contributed by atoms with Gasteiger partial charge in [-0.2, -0.15) is 0 Å². The summed E-state index contributed by atoms with van der Waals surface area (Å²) < 4.78 is 1.56. The molecule has 0 radical (unpaired) electrons. The van der Waals surface area contributed by atoms with Crippen LogP contribution in [0.25, 0.3) is 0 Å². The molecule has 23 heavy (non-hydrogen) atoms. The monoisotopic (exact) mass is 321 g/mol. The highest BCUT2D eigenvalue weighted by atomic mass is 16.3. The maximum Gasteiger partial charge on any atom is 0.263 e. The Bertz CT molecular complexity index is 666. The molecule has 1 saturated heterocycles. The van der Waals surface area contributed by atoms with Crippen LogP contribution in [0.1, 0.15) is 35.0 Å². The van der Waals surface area contributed by atoms with Crippen LogP contribution in [0.5, 0.6) is 0 Å². The molecule has 128 valence electrons. The van der Waals surface area contributed by atoms with Crippen LogP contribution in [-0.2, 0) is 13.5 Å². The maximum atomic E-state index is 12.7. The molecule has 1 unspecified atom stereocenters. The second-order valence-corrected chi connectivity index (χ2v) is 6.84. The van der Waals surface area contributed by atoms with Crippen molar-refractivity contribution >= 4 is 5.91 Å². The Morgan fingerprint density at radius 2 is 2.09 bits per heavy atom. The third-order valence-electron chi connectivity index (χ3n) is 4.55. The molecule has 0 aliphatic carbocycles. The second-order valence-electron chi connectivity index (χ2n) is 6.84. The first-order chi connectivity index (χ1) is 10.7. The predicted octanol–water partition coefficient (Wildman–Crippen LogP) is 0.395. The van der Waals surface area contributed by atoms with Gasteiger partial charge in [-0.3, -0.25) is 9.59 Å². The molecule has 6 heteroatoms. The van der Waals surface area contributed by atoms with E-state index in [0.29, 0.717) is 19.5 Å². The largest absolute Gasteiger partial charge is 0.387 e. The lowest BCUT2D eigenvalue weighted by Gasteiger charge is -2.26. The quantitative estimate of drug-likeness (QED) is 0.871. The average Bonchev–Trinajstić information content (AvgIpc) is 2.83. The van der Waals surface area contributed by atoms with Gasteiger partial charge in [0.2, 0.25) is 0 Å². The van der Waals surface area contributed by atoms with Gasteiger partial charge >= 0.3 is 0 Å². The Kier molecular flexibility index (Phi) is 4.96. The Balaban J connectivity index is 2.28. The fourth-order valence-electron chi connectivity index (χ4n) is 3.52. The van der Waals surface area contributed by atoms with Gasteiger partial charge in [-0.1, -0.05) is 6.92 Å². The Labute approximate surface area is 137 Å². The van der Waals surface area contributed by atoms with E-state index in [1.807, 2.05) is 32.8 Å². The van der Waals surface area contributed by atoms with E-state index in [-0.39, 0.29) is 23.6 Å². The highest BCUT2D eigenvalue weighted by molar-refractivity contribution is 5.94. The van der Waals surface area contributed by atoms with Crippen LogP contribution < -0.4 is 5.56 Å². The third-order valence-corrected chi connectivity index (χ3v) is 4.55. The van der Waals surface area contributed by atoms with Crippen LogP contribution in [0.15, 0.2) is 10.9 Å². The average molecular weight is 321 g/mol. The number of rotatable bonds is 4. The van der Waals surface area contributed by atoms with E-state index in [1.54, 1.807) is 22.6 Å². The maximum absolute atomic E-state index is 12.7. The number of likely N-dealkylation sites (N-methyl/N-ethyl adjacent to an activating group) is 1. The SMILES string of the molecule is CCc1c(C)cc(C(=O)N2CCC(O)(CN(C)C)C2)c(=O)n1C. The molecular weight excluding hydrogens is 294 g/mol. The number of β-amino-alcohol motifs (C(OH)–C–C–N with tert-alkyl or cyclic N) is 1. The number of pyridine rings is 1. The van der Waals surface area contributed by atoms with Crippen molar-refractivity contribution in [1.29, 1.82) is 0 Å². The molecule has 1 aliphatic heterocycles. The summed E-state index contributed by atoms with van der Waals surface area (Å²) in [4.78, 5) is 28.7. The van der Waals surface area contributed by atoms with E-state index >= 15 is 0 Å². The standard InChI is InChI=1S/C17H27N3O3/c1-6-14-12(2)9-13(15(21)19(14)5)16(22)20-8-7-17(23,11-20)10-18(3)4/h9,23H,6-8,10-11H2,1-5H3. The molecule has 1 aromatic heterocycles. The number of aromatic nitrogens is 1. The number of hydrogen-bond acceptors (Lipinski definition) is 4. The summed E-state index contributed by atoms with van der Waals surface area (Å²) in [5.41, 5.74) is 0.914. The molecule has 2 heterocycles. The van der Waals surface area contributed by atoms with E-state index in [4.69, 9.17) is 0 Å². The Morgan fingerprint density at radius 1 is 1.43 bits per heavy atom. The van der Waals surface area contributed by atoms with Gasteiger partial charge in [0.05, 0.1) is 12.1 Å². The minimum absolute atomic E-state index is 0.191. The minimum atomic E-state index is -0.900. The zero-order valence-corrected chi connectivity index (χ0v) is 14.7. The fourth-order valence-corrected chi connectivity index (χ4v) is 3.52. The Morgan fingerprint density at radius 3 is 2.65 bits per heavy atom. The number of aliphatic hydroxyl groups is 1. The van der Waals surface area contributed by atoms with Crippen LogP contribution in [0.2, 0.25) is 0 Å². The van der Waals surface area contributed by atoms with Crippen LogP contribution in [0.4, 0.5) is 0 Å². The van der Waals surface area contributed by atoms with E-state index in [9.17, 15) is 14.7 Å². The number of likely N-dealkylation sites (tertiary alicyclic amines) is 1. The molecule has 1 amide bonds.